The molecular formula is C11H10ClFN4O. The standard InChI is InChI=1S/C11H10ClFN4O/c1-2-9-15-10(17-16-9)11(18)14-8-4-3-6(13)5-7(8)12/h3-5H,2H2,1H3,(H,14,18)(H,15,16,17). The number of benzene rings is 1. The summed E-state index contributed by atoms with van der Waals surface area (Å²) in [6.07, 6.45) is 0.650. The van der Waals surface area contributed by atoms with Crippen LogP contribution in [-0.4, -0.2) is 21.1 Å². The summed E-state index contributed by atoms with van der Waals surface area (Å²) in [5.41, 5.74) is 0.311. The third kappa shape index (κ3) is 2.65. The number of nitrogens with one attached hydrogen (secondary N) is 2. The number of nitrogens with zero attached hydrogens (tertiary/aromatic N) is 2. The van der Waals surface area contributed by atoms with Crippen molar-refractivity contribution in [3.63, 3.8) is 0 Å². The van der Waals surface area contributed by atoms with E-state index in [-0.39, 0.29) is 10.8 Å². The van der Waals surface area contributed by atoms with E-state index in [2.05, 4.69) is 20.5 Å². The highest BCUT2D eigenvalue weighted by molar-refractivity contribution is 6.33. The Hall–Kier alpha value is -1.95. The molecule has 0 atom stereocenters. The van der Waals surface area contributed by atoms with Crippen LogP contribution in [0.15, 0.2) is 18.2 Å². The molecule has 0 saturated carbocycles. The molecule has 1 aromatic carbocycles. The number of hydrogen-bond donors (Lipinski definition) is 2. The van der Waals surface area contributed by atoms with Gasteiger partial charge in [-0.05, 0) is 18.2 Å². The Balaban J connectivity index is 2.16. The van der Waals surface area contributed by atoms with Crippen molar-refractivity contribution < 1.29 is 9.18 Å². The minimum atomic E-state index is -0.501. The van der Waals surface area contributed by atoms with Gasteiger partial charge in [0.1, 0.15) is 11.6 Å². The highest BCUT2D eigenvalue weighted by atomic mass is 35.5. The molecule has 0 aliphatic carbocycles. The number of hydrogen-bond acceptors (Lipinski definition) is 3. The summed E-state index contributed by atoms with van der Waals surface area (Å²) in [6.45, 7) is 1.89. The SMILES string of the molecule is CCc1nc(C(=O)Nc2ccc(F)cc2Cl)n[nH]1. The first kappa shape index (κ1) is 12.5. The first-order valence-electron chi connectivity index (χ1n) is 5.28. The van der Waals surface area contributed by atoms with Gasteiger partial charge in [0.2, 0.25) is 5.82 Å². The Kier molecular flexibility index (Phi) is 3.57. The second-order valence-corrected chi connectivity index (χ2v) is 3.94. The molecule has 1 aromatic heterocycles. The summed E-state index contributed by atoms with van der Waals surface area (Å²) >= 11 is 5.79. The minimum Gasteiger partial charge on any atom is -0.318 e. The number of aryl methyl sites for hydroxylation is 1. The van der Waals surface area contributed by atoms with Crippen molar-refractivity contribution >= 4 is 23.2 Å². The number of anilines is 1. The van der Waals surface area contributed by atoms with Gasteiger partial charge in [-0.25, -0.2) is 9.37 Å². The fourth-order valence-electron chi connectivity index (χ4n) is 1.32. The van der Waals surface area contributed by atoms with Crippen molar-refractivity contribution in [1.29, 1.82) is 0 Å². The maximum Gasteiger partial charge on any atom is 0.295 e. The lowest BCUT2D eigenvalue weighted by atomic mass is 10.3. The molecular weight excluding hydrogens is 259 g/mol. The van der Waals surface area contributed by atoms with Crippen LogP contribution in [0.3, 0.4) is 0 Å². The van der Waals surface area contributed by atoms with Crippen molar-refractivity contribution in [2.75, 3.05) is 5.32 Å². The lowest BCUT2D eigenvalue weighted by molar-refractivity contribution is 0.101. The molecule has 2 aromatic rings. The monoisotopic (exact) mass is 268 g/mol. The zero-order valence-corrected chi connectivity index (χ0v) is 10.3. The van der Waals surface area contributed by atoms with Crippen LogP contribution < -0.4 is 5.32 Å². The first-order valence-corrected chi connectivity index (χ1v) is 5.65. The summed E-state index contributed by atoms with van der Waals surface area (Å²) in [6, 6.07) is 3.70. The number of carbonyl (C=O) groups is 1. The summed E-state index contributed by atoms with van der Waals surface area (Å²) < 4.78 is 12.8. The van der Waals surface area contributed by atoms with Crippen LogP contribution in [0.2, 0.25) is 5.02 Å². The zero-order chi connectivity index (χ0) is 13.1. The molecule has 0 bridgehead atoms. The molecule has 0 unspecified atom stereocenters. The smallest absolute Gasteiger partial charge is 0.295 e. The molecule has 2 N–H and O–H groups in total. The zero-order valence-electron chi connectivity index (χ0n) is 9.50. The molecule has 7 heteroatoms. The predicted molar refractivity (Wildman–Crippen MR) is 65.1 cm³/mol. The average Bonchev–Trinajstić information content (AvgIpc) is 2.81. The summed E-state index contributed by atoms with van der Waals surface area (Å²) in [7, 11) is 0. The molecule has 0 saturated heterocycles. The van der Waals surface area contributed by atoms with Crippen LogP contribution in [0, 0.1) is 5.82 Å². The van der Waals surface area contributed by atoms with Gasteiger partial charge in [-0.15, -0.1) is 5.10 Å². The van der Waals surface area contributed by atoms with E-state index in [1.807, 2.05) is 6.92 Å². The molecule has 5 nitrogen and oxygen atoms in total. The lowest BCUT2D eigenvalue weighted by Crippen LogP contribution is -2.14. The van der Waals surface area contributed by atoms with Crippen LogP contribution >= 0.6 is 11.6 Å². The van der Waals surface area contributed by atoms with Gasteiger partial charge in [0.15, 0.2) is 0 Å². The van der Waals surface area contributed by atoms with Gasteiger partial charge in [0, 0.05) is 6.42 Å². The molecule has 18 heavy (non-hydrogen) atoms. The van der Waals surface area contributed by atoms with E-state index in [1.165, 1.54) is 12.1 Å². The molecule has 0 aliphatic heterocycles. The van der Waals surface area contributed by atoms with Crippen LogP contribution in [-0.2, 0) is 6.42 Å². The Morgan fingerprint density at radius 1 is 1.56 bits per heavy atom. The van der Waals surface area contributed by atoms with Gasteiger partial charge < -0.3 is 5.32 Å². The topological polar surface area (TPSA) is 70.7 Å². The van der Waals surface area contributed by atoms with Gasteiger partial charge in [-0.3, -0.25) is 9.89 Å². The number of aromatic amines is 1. The van der Waals surface area contributed by atoms with E-state index in [0.717, 1.165) is 6.07 Å². The number of H-pyrrole nitrogens is 1. The quantitative estimate of drug-likeness (QED) is 0.898. The fourth-order valence-corrected chi connectivity index (χ4v) is 1.54. The van der Waals surface area contributed by atoms with Crippen molar-refractivity contribution in [3.05, 3.63) is 40.7 Å². The normalized spacial score (nSPS) is 10.4. The fraction of sp³-hybridized carbons (Fsp3) is 0.182. The van der Waals surface area contributed by atoms with Crippen molar-refractivity contribution in [3.8, 4) is 0 Å². The number of amides is 1. The van der Waals surface area contributed by atoms with E-state index < -0.39 is 11.7 Å². The number of carbonyl (C=O) groups excluding carboxylic acids is 1. The summed E-state index contributed by atoms with van der Waals surface area (Å²) in [5.74, 6) is -0.332. The van der Waals surface area contributed by atoms with E-state index in [1.54, 1.807) is 0 Å². The average molecular weight is 269 g/mol. The number of halogens is 2. The van der Waals surface area contributed by atoms with E-state index in [0.29, 0.717) is 17.9 Å². The van der Waals surface area contributed by atoms with Crippen LogP contribution in [0.1, 0.15) is 23.4 Å². The van der Waals surface area contributed by atoms with Gasteiger partial charge in [0.05, 0.1) is 10.7 Å². The Morgan fingerprint density at radius 3 is 2.94 bits per heavy atom. The van der Waals surface area contributed by atoms with Crippen LogP contribution in [0.5, 0.6) is 0 Å². The Labute approximate surface area is 107 Å². The molecule has 0 spiro atoms. The number of aromatic nitrogens is 3. The molecule has 2 rings (SSSR count). The highest BCUT2D eigenvalue weighted by Gasteiger charge is 2.13. The lowest BCUT2D eigenvalue weighted by Gasteiger charge is -2.04. The van der Waals surface area contributed by atoms with Crippen LogP contribution in [0.4, 0.5) is 10.1 Å². The first-order chi connectivity index (χ1) is 8.60. The molecule has 94 valence electrons. The Morgan fingerprint density at radius 2 is 2.33 bits per heavy atom. The van der Waals surface area contributed by atoms with Gasteiger partial charge in [0.25, 0.3) is 5.91 Å². The van der Waals surface area contributed by atoms with Crippen molar-refractivity contribution in [2.45, 2.75) is 13.3 Å². The minimum absolute atomic E-state index is 0.0206. The second-order valence-electron chi connectivity index (χ2n) is 3.54. The molecule has 0 fully saturated rings. The van der Waals surface area contributed by atoms with E-state index in [9.17, 15) is 9.18 Å². The van der Waals surface area contributed by atoms with Crippen LogP contribution in [0.25, 0.3) is 0 Å². The largest absolute Gasteiger partial charge is 0.318 e. The summed E-state index contributed by atoms with van der Waals surface area (Å²) in [4.78, 5) is 15.7. The Bertz CT molecular complexity index is 584. The van der Waals surface area contributed by atoms with E-state index in [4.69, 9.17) is 11.6 Å². The maximum atomic E-state index is 12.8. The predicted octanol–water partition coefficient (Wildman–Crippen LogP) is 2.41. The third-order valence-electron chi connectivity index (χ3n) is 2.25. The van der Waals surface area contributed by atoms with E-state index >= 15 is 0 Å². The molecule has 0 aliphatic rings. The highest BCUT2D eigenvalue weighted by Crippen LogP contribution is 2.22. The maximum absolute atomic E-state index is 12.8. The molecule has 1 amide bonds. The third-order valence-corrected chi connectivity index (χ3v) is 2.56. The molecule has 1 heterocycles. The van der Waals surface area contributed by atoms with Gasteiger partial charge in [-0.1, -0.05) is 18.5 Å². The van der Waals surface area contributed by atoms with Gasteiger partial charge >= 0.3 is 0 Å². The second kappa shape index (κ2) is 5.14. The summed E-state index contributed by atoms with van der Waals surface area (Å²) in [5, 5.41) is 9.02. The van der Waals surface area contributed by atoms with Crippen molar-refractivity contribution in [1.82, 2.24) is 15.2 Å². The van der Waals surface area contributed by atoms with Crippen molar-refractivity contribution in [2.24, 2.45) is 0 Å². The molecule has 0 radical (unpaired) electrons. The number of rotatable bonds is 3. The van der Waals surface area contributed by atoms with Gasteiger partial charge in [-0.2, -0.15) is 0 Å².